The second-order valence-electron chi connectivity index (χ2n) is 4.02. The molecular formula is C12H15ClN6O. The number of carbonyl (C=O) groups is 1. The van der Waals surface area contributed by atoms with E-state index in [4.69, 9.17) is 11.6 Å². The minimum atomic E-state index is -0.278. The lowest BCUT2D eigenvalue weighted by Crippen LogP contribution is -2.25. The molecule has 106 valence electrons. The van der Waals surface area contributed by atoms with Gasteiger partial charge in [0.25, 0.3) is 5.91 Å². The SMILES string of the molecule is CCn1cnnc1CNC(=O)c1cc(NC)ncc1Cl. The largest absolute Gasteiger partial charge is 0.373 e. The molecule has 0 atom stereocenters. The molecule has 0 aliphatic heterocycles. The number of carbonyl (C=O) groups excluding carboxylic acids is 1. The van der Waals surface area contributed by atoms with E-state index in [1.807, 2.05) is 11.5 Å². The van der Waals surface area contributed by atoms with Crippen LogP contribution >= 0.6 is 11.6 Å². The number of anilines is 1. The zero-order chi connectivity index (χ0) is 14.5. The van der Waals surface area contributed by atoms with Crippen LogP contribution in [0.3, 0.4) is 0 Å². The van der Waals surface area contributed by atoms with Gasteiger partial charge in [-0.1, -0.05) is 11.6 Å². The summed E-state index contributed by atoms with van der Waals surface area (Å²) in [5, 5.41) is 13.7. The van der Waals surface area contributed by atoms with Crippen LogP contribution in [0, 0.1) is 0 Å². The number of aryl methyl sites for hydroxylation is 1. The van der Waals surface area contributed by atoms with E-state index < -0.39 is 0 Å². The van der Waals surface area contributed by atoms with Gasteiger partial charge in [-0.3, -0.25) is 4.79 Å². The Morgan fingerprint density at radius 2 is 2.30 bits per heavy atom. The topological polar surface area (TPSA) is 84.7 Å². The fourth-order valence-corrected chi connectivity index (χ4v) is 1.87. The summed E-state index contributed by atoms with van der Waals surface area (Å²) < 4.78 is 1.85. The van der Waals surface area contributed by atoms with Crippen molar-refractivity contribution in [3.8, 4) is 0 Å². The Balaban J connectivity index is 2.09. The van der Waals surface area contributed by atoms with Crippen molar-refractivity contribution >= 4 is 23.3 Å². The number of aromatic nitrogens is 4. The van der Waals surface area contributed by atoms with E-state index in [1.165, 1.54) is 6.20 Å². The summed E-state index contributed by atoms with van der Waals surface area (Å²) >= 11 is 5.98. The molecule has 0 aliphatic carbocycles. The van der Waals surface area contributed by atoms with E-state index in [2.05, 4.69) is 25.8 Å². The van der Waals surface area contributed by atoms with Crippen molar-refractivity contribution < 1.29 is 4.79 Å². The molecule has 2 rings (SSSR count). The molecule has 2 heterocycles. The van der Waals surface area contributed by atoms with Crippen LogP contribution in [-0.4, -0.2) is 32.7 Å². The van der Waals surface area contributed by atoms with E-state index in [9.17, 15) is 4.79 Å². The summed E-state index contributed by atoms with van der Waals surface area (Å²) in [6.07, 6.45) is 3.07. The zero-order valence-corrected chi connectivity index (χ0v) is 12.0. The second kappa shape index (κ2) is 6.33. The second-order valence-corrected chi connectivity index (χ2v) is 4.42. The molecule has 0 spiro atoms. The summed E-state index contributed by atoms with van der Waals surface area (Å²) in [6, 6.07) is 1.60. The predicted molar refractivity (Wildman–Crippen MR) is 75.7 cm³/mol. The molecule has 0 unspecified atom stereocenters. The fraction of sp³-hybridized carbons (Fsp3) is 0.333. The van der Waals surface area contributed by atoms with Gasteiger partial charge in [0.15, 0.2) is 5.82 Å². The van der Waals surface area contributed by atoms with Gasteiger partial charge in [0.05, 0.1) is 17.1 Å². The van der Waals surface area contributed by atoms with Gasteiger partial charge in [0, 0.05) is 19.8 Å². The molecule has 0 fully saturated rings. The van der Waals surface area contributed by atoms with Gasteiger partial charge in [0.1, 0.15) is 12.1 Å². The Morgan fingerprint density at radius 3 is 3.00 bits per heavy atom. The molecule has 2 N–H and O–H groups in total. The molecule has 0 aromatic carbocycles. The van der Waals surface area contributed by atoms with Gasteiger partial charge in [-0.25, -0.2) is 4.98 Å². The monoisotopic (exact) mass is 294 g/mol. The number of pyridine rings is 1. The first kappa shape index (κ1) is 14.3. The highest BCUT2D eigenvalue weighted by molar-refractivity contribution is 6.33. The standard InChI is InChI=1S/C12H15ClN6O/c1-3-19-7-17-18-11(19)6-16-12(20)8-4-10(14-2)15-5-9(8)13/h4-5,7H,3,6H2,1-2H3,(H,14,15)(H,16,20). The Morgan fingerprint density at radius 1 is 1.50 bits per heavy atom. The zero-order valence-electron chi connectivity index (χ0n) is 11.2. The maximum atomic E-state index is 12.1. The van der Waals surface area contributed by atoms with Gasteiger partial charge in [-0.15, -0.1) is 10.2 Å². The Bertz CT molecular complexity index is 612. The molecule has 0 saturated heterocycles. The highest BCUT2D eigenvalue weighted by atomic mass is 35.5. The number of nitrogens with one attached hydrogen (secondary N) is 2. The van der Waals surface area contributed by atoms with Crippen molar-refractivity contribution in [1.29, 1.82) is 0 Å². The van der Waals surface area contributed by atoms with Gasteiger partial charge in [-0.2, -0.15) is 0 Å². The smallest absolute Gasteiger partial charge is 0.253 e. The van der Waals surface area contributed by atoms with Crippen LogP contribution in [-0.2, 0) is 13.1 Å². The van der Waals surface area contributed by atoms with E-state index in [0.717, 1.165) is 6.54 Å². The highest BCUT2D eigenvalue weighted by Gasteiger charge is 2.13. The first-order valence-corrected chi connectivity index (χ1v) is 6.51. The van der Waals surface area contributed by atoms with E-state index >= 15 is 0 Å². The van der Waals surface area contributed by atoms with Crippen molar-refractivity contribution in [3.63, 3.8) is 0 Å². The van der Waals surface area contributed by atoms with Crippen LogP contribution < -0.4 is 10.6 Å². The fourth-order valence-electron chi connectivity index (χ4n) is 1.68. The van der Waals surface area contributed by atoms with Crippen molar-refractivity contribution in [1.82, 2.24) is 25.1 Å². The van der Waals surface area contributed by atoms with Crippen LogP contribution in [0.2, 0.25) is 5.02 Å². The minimum absolute atomic E-state index is 0.278. The minimum Gasteiger partial charge on any atom is -0.373 e. The van der Waals surface area contributed by atoms with Crippen molar-refractivity contribution in [2.24, 2.45) is 0 Å². The molecule has 0 aliphatic rings. The Labute approximate surface area is 121 Å². The van der Waals surface area contributed by atoms with Crippen LogP contribution in [0.25, 0.3) is 0 Å². The van der Waals surface area contributed by atoms with Crippen LogP contribution in [0.1, 0.15) is 23.1 Å². The molecule has 8 heteroatoms. The molecule has 7 nitrogen and oxygen atoms in total. The van der Waals surface area contributed by atoms with Crippen molar-refractivity contribution in [2.45, 2.75) is 20.0 Å². The van der Waals surface area contributed by atoms with Gasteiger partial charge in [-0.05, 0) is 13.0 Å². The maximum absolute atomic E-state index is 12.1. The summed E-state index contributed by atoms with van der Waals surface area (Å²) in [5.41, 5.74) is 0.369. The molecule has 1 amide bonds. The van der Waals surface area contributed by atoms with Crippen molar-refractivity contribution in [3.05, 3.63) is 35.0 Å². The van der Waals surface area contributed by atoms with E-state index in [-0.39, 0.29) is 5.91 Å². The lowest BCUT2D eigenvalue weighted by molar-refractivity contribution is 0.0949. The third-order valence-corrected chi connectivity index (χ3v) is 3.10. The highest BCUT2D eigenvalue weighted by Crippen LogP contribution is 2.17. The third-order valence-electron chi connectivity index (χ3n) is 2.80. The quantitative estimate of drug-likeness (QED) is 0.869. The number of hydrogen-bond acceptors (Lipinski definition) is 5. The Hall–Kier alpha value is -2.15. The molecule has 2 aromatic rings. The van der Waals surface area contributed by atoms with Crippen LogP contribution in [0.4, 0.5) is 5.82 Å². The summed E-state index contributed by atoms with van der Waals surface area (Å²) in [4.78, 5) is 16.1. The normalized spacial score (nSPS) is 10.3. The van der Waals surface area contributed by atoms with Crippen molar-refractivity contribution in [2.75, 3.05) is 12.4 Å². The van der Waals surface area contributed by atoms with E-state index in [0.29, 0.717) is 28.8 Å². The maximum Gasteiger partial charge on any atom is 0.253 e. The molecular weight excluding hydrogens is 280 g/mol. The van der Waals surface area contributed by atoms with Gasteiger partial charge in [0.2, 0.25) is 0 Å². The molecule has 0 bridgehead atoms. The van der Waals surface area contributed by atoms with E-state index in [1.54, 1.807) is 19.4 Å². The summed E-state index contributed by atoms with van der Waals surface area (Å²) in [7, 11) is 1.72. The number of halogens is 1. The molecule has 20 heavy (non-hydrogen) atoms. The average Bonchev–Trinajstić information content (AvgIpc) is 2.92. The lowest BCUT2D eigenvalue weighted by atomic mass is 10.2. The predicted octanol–water partition coefficient (Wildman–Crippen LogP) is 1.32. The third kappa shape index (κ3) is 3.05. The van der Waals surface area contributed by atoms with Gasteiger partial charge >= 0.3 is 0 Å². The number of rotatable bonds is 5. The first-order valence-electron chi connectivity index (χ1n) is 6.13. The lowest BCUT2D eigenvalue weighted by Gasteiger charge is -2.08. The van der Waals surface area contributed by atoms with Crippen LogP contribution in [0.15, 0.2) is 18.6 Å². The molecule has 0 radical (unpaired) electrons. The number of nitrogens with zero attached hydrogens (tertiary/aromatic N) is 4. The number of hydrogen-bond donors (Lipinski definition) is 2. The number of amides is 1. The first-order chi connectivity index (χ1) is 9.65. The Kier molecular flexibility index (Phi) is 4.52. The average molecular weight is 295 g/mol. The summed E-state index contributed by atoms with van der Waals surface area (Å²) in [6.45, 7) is 3.02. The summed E-state index contributed by atoms with van der Waals surface area (Å²) in [5.74, 6) is 0.996. The molecule has 0 saturated carbocycles. The van der Waals surface area contributed by atoms with Gasteiger partial charge < -0.3 is 15.2 Å². The van der Waals surface area contributed by atoms with Crippen LogP contribution in [0.5, 0.6) is 0 Å². The molecule has 2 aromatic heterocycles.